The van der Waals surface area contributed by atoms with Crippen LogP contribution in [0, 0.1) is 0 Å². The third kappa shape index (κ3) is 2.68. The van der Waals surface area contributed by atoms with E-state index in [1.165, 1.54) is 54.2 Å². The first-order valence-electron chi connectivity index (χ1n) is 5.98. The average molecular weight is 304 g/mol. The van der Waals surface area contributed by atoms with Crippen molar-refractivity contribution in [2.45, 2.75) is 0 Å². The third-order valence-electron chi connectivity index (χ3n) is 3.11. The number of likely N-dealkylation sites (N-methyl/N-ethyl adjacent to an activating group) is 2. The maximum atomic E-state index is 12.1. The highest BCUT2D eigenvalue weighted by atomic mass is 32.1. The standard InChI is InChI=1S/C14H12N2O4S/c1-15-11(17)10(12(18)16(2)14(15)21)7-8-3-5-9(6-4-8)13(19)20/h3-7H,1-2H3,(H,19,20). The Morgan fingerprint density at radius 3 is 2.00 bits per heavy atom. The number of hydrogen-bond acceptors (Lipinski definition) is 4. The van der Waals surface area contributed by atoms with E-state index < -0.39 is 17.8 Å². The van der Waals surface area contributed by atoms with Crippen LogP contribution in [0.5, 0.6) is 0 Å². The molecule has 0 unspecified atom stereocenters. The Morgan fingerprint density at radius 1 is 1.10 bits per heavy atom. The average Bonchev–Trinajstić information content (AvgIpc) is 2.48. The van der Waals surface area contributed by atoms with Crippen LogP contribution in [0.2, 0.25) is 0 Å². The van der Waals surface area contributed by atoms with Gasteiger partial charge in [0, 0.05) is 14.1 Å². The van der Waals surface area contributed by atoms with E-state index in [1.807, 2.05) is 0 Å². The molecule has 1 saturated heterocycles. The summed E-state index contributed by atoms with van der Waals surface area (Å²) in [5.41, 5.74) is 0.678. The zero-order valence-corrected chi connectivity index (χ0v) is 12.2. The van der Waals surface area contributed by atoms with Gasteiger partial charge in [-0.25, -0.2) is 4.79 Å². The van der Waals surface area contributed by atoms with Gasteiger partial charge in [0.25, 0.3) is 11.8 Å². The summed E-state index contributed by atoms with van der Waals surface area (Å²) < 4.78 is 0. The number of rotatable bonds is 2. The highest BCUT2D eigenvalue weighted by Gasteiger charge is 2.35. The van der Waals surface area contributed by atoms with Gasteiger partial charge < -0.3 is 5.11 Å². The molecular weight excluding hydrogens is 292 g/mol. The summed E-state index contributed by atoms with van der Waals surface area (Å²) in [7, 11) is 2.99. The number of benzene rings is 1. The molecule has 1 aromatic carbocycles. The number of carboxylic acids is 1. The maximum absolute atomic E-state index is 12.1. The number of aromatic carboxylic acids is 1. The summed E-state index contributed by atoms with van der Waals surface area (Å²) >= 11 is 4.99. The summed E-state index contributed by atoms with van der Waals surface area (Å²) in [6.45, 7) is 0. The third-order valence-corrected chi connectivity index (χ3v) is 3.66. The molecule has 0 radical (unpaired) electrons. The van der Waals surface area contributed by atoms with Gasteiger partial charge in [0.05, 0.1) is 5.56 Å². The first-order valence-corrected chi connectivity index (χ1v) is 6.39. The number of carbonyl (C=O) groups excluding carboxylic acids is 2. The molecule has 1 N–H and O–H groups in total. The number of thiocarbonyl (C=S) groups is 1. The smallest absolute Gasteiger partial charge is 0.335 e. The van der Waals surface area contributed by atoms with Crippen molar-refractivity contribution >= 4 is 41.2 Å². The van der Waals surface area contributed by atoms with Gasteiger partial charge in [0.15, 0.2) is 5.11 Å². The van der Waals surface area contributed by atoms with Crippen LogP contribution >= 0.6 is 12.2 Å². The molecule has 0 spiro atoms. The lowest BCUT2D eigenvalue weighted by Crippen LogP contribution is -2.52. The molecule has 1 aliphatic rings. The number of carboxylic acid groups (broad SMARTS) is 1. The van der Waals surface area contributed by atoms with Crippen molar-refractivity contribution < 1.29 is 19.5 Å². The van der Waals surface area contributed by atoms with Crippen molar-refractivity contribution in [1.29, 1.82) is 0 Å². The molecule has 0 atom stereocenters. The van der Waals surface area contributed by atoms with E-state index in [2.05, 4.69) is 0 Å². The van der Waals surface area contributed by atoms with Gasteiger partial charge in [-0.3, -0.25) is 19.4 Å². The van der Waals surface area contributed by atoms with Crippen molar-refractivity contribution in [3.05, 3.63) is 41.0 Å². The molecule has 0 saturated carbocycles. The van der Waals surface area contributed by atoms with Crippen LogP contribution in [0.15, 0.2) is 29.8 Å². The lowest BCUT2D eigenvalue weighted by Gasteiger charge is -2.31. The number of amides is 2. The minimum Gasteiger partial charge on any atom is -0.478 e. The summed E-state index contributed by atoms with van der Waals surface area (Å²) in [6, 6.07) is 5.88. The SMILES string of the molecule is CN1C(=O)C(=Cc2ccc(C(=O)O)cc2)C(=O)N(C)C1=S. The second-order valence-electron chi connectivity index (χ2n) is 4.50. The topological polar surface area (TPSA) is 77.9 Å². The van der Waals surface area contributed by atoms with Gasteiger partial charge in [0.1, 0.15) is 5.57 Å². The Morgan fingerprint density at radius 2 is 1.57 bits per heavy atom. The Labute approximate surface area is 126 Å². The molecular formula is C14H12N2O4S. The Hall–Kier alpha value is -2.54. The van der Waals surface area contributed by atoms with Crippen LogP contribution in [0.1, 0.15) is 15.9 Å². The molecule has 0 aromatic heterocycles. The summed E-state index contributed by atoms with van der Waals surface area (Å²) in [5.74, 6) is -2.00. The first-order chi connectivity index (χ1) is 9.82. The van der Waals surface area contributed by atoms with Crippen LogP contribution in [0.25, 0.3) is 6.08 Å². The molecule has 2 rings (SSSR count). The second-order valence-corrected chi connectivity index (χ2v) is 4.86. The van der Waals surface area contributed by atoms with Crippen molar-refractivity contribution in [2.24, 2.45) is 0 Å². The zero-order chi connectivity index (χ0) is 15.7. The second kappa shape index (κ2) is 5.45. The van der Waals surface area contributed by atoms with Crippen molar-refractivity contribution in [3.63, 3.8) is 0 Å². The predicted octanol–water partition coefficient (Wildman–Crippen LogP) is 0.983. The molecule has 0 bridgehead atoms. The van der Waals surface area contributed by atoms with Crippen LogP contribution in [-0.4, -0.2) is 51.9 Å². The summed E-state index contributed by atoms with van der Waals surface area (Å²) in [6.07, 6.45) is 1.42. The first kappa shape index (κ1) is 14.9. The predicted molar refractivity (Wildman–Crippen MR) is 79.5 cm³/mol. The van der Waals surface area contributed by atoms with Gasteiger partial charge >= 0.3 is 5.97 Å². The molecule has 1 heterocycles. The minimum atomic E-state index is -1.04. The molecule has 108 valence electrons. The van der Waals surface area contributed by atoms with Crippen LogP contribution in [-0.2, 0) is 9.59 Å². The van der Waals surface area contributed by atoms with E-state index in [4.69, 9.17) is 17.3 Å². The highest BCUT2D eigenvalue weighted by Crippen LogP contribution is 2.18. The Kier molecular flexibility index (Phi) is 3.86. The lowest BCUT2D eigenvalue weighted by molar-refractivity contribution is -0.132. The number of nitrogens with zero attached hydrogens (tertiary/aromatic N) is 2. The van der Waals surface area contributed by atoms with Crippen LogP contribution in [0.4, 0.5) is 0 Å². The summed E-state index contributed by atoms with van der Waals surface area (Å²) in [5, 5.41) is 8.97. The molecule has 6 nitrogen and oxygen atoms in total. The van der Waals surface area contributed by atoms with E-state index in [9.17, 15) is 14.4 Å². The molecule has 2 amide bonds. The van der Waals surface area contributed by atoms with E-state index in [0.29, 0.717) is 5.56 Å². The fourth-order valence-electron chi connectivity index (χ4n) is 1.86. The Bertz CT molecular complexity index is 653. The van der Waals surface area contributed by atoms with Crippen LogP contribution in [0.3, 0.4) is 0 Å². The molecule has 0 aliphatic carbocycles. The number of hydrogen-bond donors (Lipinski definition) is 1. The Balaban J connectivity index is 2.39. The van der Waals surface area contributed by atoms with Crippen molar-refractivity contribution in [2.75, 3.05) is 14.1 Å². The van der Waals surface area contributed by atoms with Gasteiger partial charge in [0.2, 0.25) is 0 Å². The van der Waals surface area contributed by atoms with Crippen LogP contribution < -0.4 is 0 Å². The largest absolute Gasteiger partial charge is 0.478 e. The van der Waals surface area contributed by atoms with Gasteiger partial charge in [-0.1, -0.05) is 12.1 Å². The quantitative estimate of drug-likeness (QED) is 0.501. The minimum absolute atomic E-state index is 0.0170. The molecule has 1 aromatic rings. The van der Waals surface area contributed by atoms with Gasteiger partial charge in [-0.05, 0) is 36.0 Å². The fourth-order valence-corrected chi connectivity index (χ4v) is 2.03. The maximum Gasteiger partial charge on any atom is 0.335 e. The zero-order valence-electron chi connectivity index (χ0n) is 11.4. The molecule has 1 fully saturated rings. The van der Waals surface area contributed by atoms with E-state index in [-0.39, 0.29) is 16.2 Å². The van der Waals surface area contributed by atoms with Gasteiger partial charge in [-0.15, -0.1) is 0 Å². The lowest BCUT2D eigenvalue weighted by atomic mass is 10.1. The molecule has 7 heteroatoms. The normalized spacial score (nSPS) is 15.5. The number of carbonyl (C=O) groups is 3. The van der Waals surface area contributed by atoms with Crippen molar-refractivity contribution in [3.8, 4) is 0 Å². The molecule has 1 aliphatic heterocycles. The monoisotopic (exact) mass is 304 g/mol. The van der Waals surface area contributed by atoms with E-state index >= 15 is 0 Å². The summed E-state index contributed by atoms with van der Waals surface area (Å²) in [4.78, 5) is 37.4. The fraction of sp³-hybridized carbons (Fsp3) is 0.143. The van der Waals surface area contributed by atoms with Crippen molar-refractivity contribution in [1.82, 2.24) is 9.80 Å². The van der Waals surface area contributed by atoms with E-state index in [1.54, 1.807) is 0 Å². The highest BCUT2D eigenvalue weighted by molar-refractivity contribution is 7.80. The molecule has 21 heavy (non-hydrogen) atoms. The van der Waals surface area contributed by atoms with Gasteiger partial charge in [-0.2, -0.15) is 0 Å². The van der Waals surface area contributed by atoms with E-state index in [0.717, 1.165) is 0 Å².